The van der Waals surface area contributed by atoms with Gasteiger partial charge in [0.25, 0.3) is 0 Å². The van der Waals surface area contributed by atoms with Crippen LogP contribution < -0.4 is 0 Å². The molecule has 2 rings (SSSR count). The van der Waals surface area contributed by atoms with Gasteiger partial charge < -0.3 is 9.51 Å². The summed E-state index contributed by atoms with van der Waals surface area (Å²) in [4.78, 5) is 4.54. The highest BCUT2D eigenvalue weighted by molar-refractivity contribution is 7.98. The summed E-state index contributed by atoms with van der Waals surface area (Å²) in [7, 11) is 0. The first-order valence-corrected chi connectivity index (χ1v) is 6.08. The van der Waals surface area contributed by atoms with Crippen molar-refractivity contribution in [3.05, 3.63) is 35.8 Å². The van der Waals surface area contributed by atoms with E-state index < -0.39 is 0 Å². The fourth-order valence-corrected chi connectivity index (χ4v) is 2.14. The molecule has 2 aromatic rings. The van der Waals surface area contributed by atoms with Crippen LogP contribution in [0.25, 0.3) is 5.65 Å². The third-order valence-electron chi connectivity index (χ3n) is 2.21. The first-order valence-electron chi connectivity index (χ1n) is 4.93. The van der Waals surface area contributed by atoms with Crippen molar-refractivity contribution in [2.24, 2.45) is 0 Å². The Labute approximate surface area is 93.1 Å². The Balaban J connectivity index is 2.20. The topological polar surface area (TPSA) is 37.5 Å². The smallest absolute Gasteiger partial charge is 0.139 e. The zero-order valence-electron chi connectivity index (χ0n) is 8.68. The normalized spacial score (nSPS) is 11.1. The third-order valence-corrected chi connectivity index (χ3v) is 3.18. The second-order valence-electron chi connectivity index (χ2n) is 3.43. The van der Waals surface area contributed by atoms with Crippen LogP contribution in [0.5, 0.6) is 0 Å². The first-order chi connectivity index (χ1) is 7.31. The molecule has 4 heteroatoms. The van der Waals surface area contributed by atoms with Crippen molar-refractivity contribution in [2.45, 2.75) is 12.7 Å². The number of rotatable bonds is 4. The Morgan fingerprint density at radius 1 is 1.53 bits per heavy atom. The Morgan fingerprint density at radius 3 is 3.13 bits per heavy atom. The number of aliphatic hydroxyl groups is 1. The van der Waals surface area contributed by atoms with E-state index in [-0.39, 0.29) is 6.61 Å². The minimum Gasteiger partial charge on any atom is -0.396 e. The van der Waals surface area contributed by atoms with Crippen LogP contribution in [0.1, 0.15) is 11.3 Å². The van der Waals surface area contributed by atoms with Crippen LogP contribution in [0, 0.1) is 6.92 Å². The van der Waals surface area contributed by atoms with Gasteiger partial charge in [0.15, 0.2) is 0 Å². The summed E-state index contributed by atoms with van der Waals surface area (Å²) >= 11 is 1.70. The molecule has 0 aromatic carbocycles. The Hall–Kier alpha value is -1.00. The molecule has 0 amide bonds. The van der Waals surface area contributed by atoms with E-state index in [0.717, 1.165) is 22.8 Å². The SMILES string of the molecule is Cc1cccn2cc(CSCCO)nc12. The molecular weight excluding hydrogens is 208 g/mol. The van der Waals surface area contributed by atoms with Crippen molar-refractivity contribution in [1.82, 2.24) is 9.38 Å². The number of fused-ring (bicyclic) bond motifs is 1. The molecule has 2 aromatic heterocycles. The van der Waals surface area contributed by atoms with Gasteiger partial charge in [0, 0.05) is 23.9 Å². The second kappa shape index (κ2) is 4.68. The predicted octanol–water partition coefficient (Wildman–Crippen LogP) is 1.87. The van der Waals surface area contributed by atoms with Crippen LogP contribution in [-0.4, -0.2) is 26.9 Å². The van der Waals surface area contributed by atoms with Crippen molar-refractivity contribution < 1.29 is 5.11 Å². The zero-order valence-corrected chi connectivity index (χ0v) is 9.50. The predicted molar refractivity (Wildman–Crippen MR) is 63.2 cm³/mol. The molecule has 0 bridgehead atoms. The second-order valence-corrected chi connectivity index (χ2v) is 4.54. The maximum absolute atomic E-state index is 8.68. The maximum atomic E-state index is 8.68. The van der Waals surface area contributed by atoms with Crippen LogP contribution in [0.2, 0.25) is 0 Å². The number of thioether (sulfide) groups is 1. The molecule has 80 valence electrons. The fourth-order valence-electron chi connectivity index (χ4n) is 1.52. The molecule has 15 heavy (non-hydrogen) atoms. The largest absolute Gasteiger partial charge is 0.396 e. The highest BCUT2D eigenvalue weighted by atomic mass is 32.2. The standard InChI is InChI=1S/C11H14N2OS/c1-9-3-2-4-13-7-10(12-11(9)13)8-15-6-5-14/h2-4,7,14H,5-6,8H2,1H3. The van der Waals surface area contributed by atoms with Crippen LogP contribution in [0.3, 0.4) is 0 Å². The lowest BCUT2D eigenvalue weighted by molar-refractivity contribution is 0.322. The summed E-state index contributed by atoms with van der Waals surface area (Å²) in [6, 6.07) is 4.08. The molecule has 0 aliphatic rings. The lowest BCUT2D eigenvalue weighted by Gasteiger charge is -1.94. The number of aryl methyl sites for hydroxylation is 1. The molecule has 1 N–H and O–H groups in total. The van der Waals surface area contributed by atoms with E-state index in [1.807, 2.05) is 22.9 Å². The van der Waals surface area contributed by atoms with Crippen LogP contribution >= 0.6 is 11.8 Å². The van der Waals surface area contributed by atoms with E-state index in [9.17, 15) is 0 Å². The lowest BCUT2D eigenvalue weighted by atomic mass is 10.3. The van der Waals surface area contributed by atoms with Crippen LogP contribution in [0.15, 0.2) is 24.5 Å². The molecule has 0 fully saturated rings. The first kappa shape index (κ1) is 10.5. The molecule has 0 spiro atoms. The summed E-state index contributed by atoms with van der Waals surface area (Å²) in [6.45, 7) is 2.30. The van der Waals surface area contributed by atoms with Crippen molar-refractivity contribution in [1.29, 1.82) is 0 Å². The number of hydrogen-bond acceptors (Lipinski definition) is 3. The number of hydrogen-bond donors (Lipinski definition) is 1. The summed E-state index contributed by atoms with van der Waals surface area (Å²) in [5.41, 5.74) is 3.29. The van der Waals surface area contributed by atoms with E-state index in [1.165, 1.54) is 5.56 Å². The molecule has 0 unspecified atom stereocenters. The Morgan fingerprint density at radius 2 is 2.40 bits per heavy atom. The van der Waals surface area contributed by atoms with Gasteiger partial charge in [-0.1, -0.05) is 6.07 Å². The molecule has 0 radical (unpaired) electrons. The molecule has 0 saturated carbocycles. The number of nitrogens with zero attached hydrogens (tertiary/aromatic N) is 2. The van der Waals surface area contributed by atoms with Gasteiger partial charge >= 0.3 is 0 Å². The van der Waals surface area contributed by atoms with Crippen LogP contribution in [0.4, 0.5) is 0 Å². The maximum Gasteiger partial charge on any atom is 0.139 e. The van der Waals surface area contributed by atoms with Crippen molar-refractivity contribution in [3.63, 3.8) is 0 Å². The number of pyridine rings is 1. The van der Waals surface area contributed by atoms with E-state index in [1.54, 1.807) is 11.8 Å². The average Bonchev–Trinajstić information content (AvgIpc) is 2.63. The summed E-state index contributed by atoms with van der Waals surface area (Å²) in [5.74, 6) is 1.63. The summed E-state index contributed by atoms with van der Waals surface area (Å²) in [5, 5.41) is 8.68. The third kappa shape index (κ3) is 2.33. The minimum absolute atomic E-state index is 0.233. The molecule has 0 aliphatic carbocycles. The number of aliphatic hydroxyl groups excluding tert-OH is 1. The van der Waals surface area contributed by atoms with Gasteiger partial charge in [0.05, 0.1) is 12.3 Å². The van der Waals surface area contributed by atoms with Gasteiger partial charge in [-0.05, 0) is 18.6 Å². The van der Waals surface area contributed by atoms with Gasteiger partial charge in [-0.15, -0.1) is 0 Å². The molecule has 3 nitrogen and oxygen atoms in total. The van der Waals surface area contributed by atoms with E-state index in [0.29, 0.717) is 0 Å². The summed E-state index contributed by atoms with van der Waals surface area (Å²) in [6.07, 6.45) is 4.06. The molecule has 2 heterocycles. The van der Waals surface area contributed by atoms with Crippen molar-refractivity contribution >= 4 is 17.4 Å². The van der Waals surface area contributed by atoms with E-state index in [4.69, 9.17) is 5.11 Å². The average molecular weight is 222 g/mol. The van der Waals surface area contributed by atoms with Gasteiger partial charge in [-0.3, -0.25) is 0 Å². The molecule has 0 atom stereocenters. The molecule has 0 saturated heterocycles. The molecule has 0 aliphatic heterocycles. The quantitative estimate of drug-likeness (QED) is 0.802. The van der Waals surface area contributed by atoms with Crippen LogP contribution in [-0.2, 0) is 5.75 Å². The van der Waals surface area contributed by atoms with Gasteiger partial charge in [0.1, 0.15) is 5.65 Å². The minimum atomic E-state index is 0.233. The van der Waals surface area contributed by atoms with E-state index >= 15 is 0 Å². The summed E-state index contributed by atoms with van der Waals surface area (Å²) < 4.78 is 2.05. The molecular formula is C11H14N2OS. The number of aromatic nitrogens is 2. The monoisotopic (exact) mass is 222 g/mol. The Kier molecular flexibility index (Phi) is 3.28. The van der Waals surface area contributed by atoms with Gasteiger partial charge in [-0.2, -0.15) is 11.8 Å². The number of imidazole rings is 1. The Bertz CT molecular complexity index is 453. The highest BCUT2D eigenvalue weighted by Gasteiger charge is 2.02. The fraction of sp³-hybridized carbons (Fsp3) is 0.364. The lowest BCUT2D eigenvalue weighted by Crippen LogP contribution is -1.87. The highest BCUT2D eigenvalue weighted by Crippen LogP contribution is 2.14. The van der Waals surface area contributed by atoms with Crippen molar-refractivity contribution in [2.75, 3.05) is 12.4 Å². The van der Waals surface area contributed by atoms with Gasteiger partial charge in [-0.25, -0.2) is 4.98 Å². The van der Waals surface area contributed by atoms with Gasteiger partial charge in [0.2, 0.25) is 0 Å². The van der Waals surface area contributed by atoms with E-state index in [2.05, 4.69) is 18.0 Å². The zero-order chi connectivity index (χ0) is 10.7. The van der Waals surface area contributed by atoms with Crippen molar-refractivity contribution in [3.8, 4) is 0 Å².